The molecule has 0 aromatic heterocycles. The highest BCUT2D eigenvalue weighted by Crippen LogP contribution is 2.26. The van der Waals surface area contributed by atoms with Gasteiger partial charge in [0.05, 0.1) is 0 Å². The molecule has 0 aliphatic carbocycles. The van der Waals surface area contributed by atoms with Gasteiger partial charge in [-0.2, -0.15) is 0 Å². The quantitative estimate of drug-likeness (QED) is 0.879. The van der Waals surface area contributed by atoms with Crippen molar-refractivity contribution in [1.29, 1.82) is 0 Å². The summed E-state index contributed by atoms with van der Waals surface area (Å²) in [5.41, 5.74) is 1.30. The fraction of sp³-hybridized carbons (Fsp3) is 0.533. The number of carbonyl (C=O) groups is 1. The number of amides is 1. The predicted molar refractivity (Wildman–Crippen MR) is 73.7 cm³/mol. The molecule has 1 saturated heterocycles. The van der Waals surface area contributed by atoms with E-state index in [0.717, 1.165) is 31.5 Å². The average Bonchev–Trinajstić information content (AvgIpc) is 2.36. The second-order valence-electron chi connectivity index (χ2n) is 5.76. The van der Waals surface area contributed by atoms with Gasteiger partial charge in [-0.25, -0.2) is 4.39 Å². The van der Waals surface area contributed by atoms with Crippen LogP contribution in [0, 0.1) is 18.2 Å². The van der Waals surface area contributed by atoms with Gasteiger partial charge in [0.25, 0.3) is 5.91 Å². The number of hydrogen-bond acceptors (Lipinski definition) is 2. The Kier molecular flexibility index (Phi) is 4.20. The van der Waals surface area contributed by atoms with E-state index in [1.54, 1.807) is 13.0 Å². The zero-order valence-electron chi connectivity index (χ0n) is 11.6. The zero-order valence-corrected chi connectivity index (χ0v) is 11.6. The molecule has 2 N–H and O–H groups in total. The smallest absolute Gasteiger partial charge is 0.251 e. The van der Waals surface area contributed by atoms with Crippen LogP contribution in [0.25, 0.3) is 0 Å². The van der Waals surface area contributed by atoms with E-state index in [0.29, 0.717) is 12.1 Å². The lowest BCUT2D eigenvalue weighted by molar-refractivity contribution is 0.0921. The maximum atomic E-state index is 13.3. The van der Waals surface area contributed by atoms with Crippen molar-refractivity contribution in [1.82, 2.24) is 10.6 Å². The molecule has 2 rings (SSSR count). The lowest BCUT2D eigenvalue weighted by atomic mass is 9.81. The Morgan fingerprint density at radius 1 is 1.37 bits per heavy atom. The van der Waals surface area contributed by atoms with Crippen LogP contribution in [-0.2, 0) is 0 Å². The Morgan fingerprint density at radius 2 is 2.05 bits per heavy atom. The third-order valence-corrected chi connectivity index (χ3v) is 3.79. The molecule has 0 spiro atoms. The summed E-state index contributed by atoms with van der Waals surface area (Å²) in [5, 5.41) is 6.24. The third kappa shape index (κ3) is 3.77. The third-order valence-electron chi connectivity index (χ3n) is 3.79. The van der Waals surface area contributed by atoms with Crippen LogP contribution in [0.2, 0.25) is 0 Å². The largest absolute Gasteiger partial charge is 0.351 e. The van der Waals surface area contributed by atoms with Gasteiger partial charge >= 0.3 is 0 Å². The van der Waals surface area contributed by atoms with Crippen molar-refractivity contribution in [3.8, 4) is 0 Å². The van der Waals surface area contributed by atoms with Crippen LogP contribution < -0.4 is 10.6 Å². The molecule has 1 aliphatic heterocycles. The number of hydrogen-bond donors (Lipinski definition) is 2. The first-order chi connectivity index (χ1) is 8.98. The summed E-state index contributed by atoms with van der Waals surface area (Å²) < 4.78 is 13.3. The van der Waals surface area contributed by atoms with Gasteiger partial charge in [0, 0.05) is 12.1 Å². The molecule has 104 valence electrons. The molecule has 0 unspecified atom stereocenters. The minimum atomic E-state index is -0.363. The molecule has 0 bridgehead atoms. The molecule has 0 atom stereocenters. The van der Waals surface area contributed by atoms with Crippen LogP contribution in [0.3, 0.4) is 0 Å². The lowest BCUT2D eigenvalue weighted by Gasteiger charge is -2.34. The molecular formula is C15H21FN2O. The van der Waals surface area contributed by atoms with E-state index in [4.69, 9.17) is 0 Å². The molecule has 1 amide bonds. The summed E-state index contributed by atoms with van der Waals surface area (Å²) >= 11 is 0. The van der Waals surface area contributed by atoms with Gasteiger partial charge in [0.15, 0.2) is 0 Å². The molecule has 0 radical (unpaired) electrons. The van der Waals surface area contributed by atoms with Crippen molar-refractivity contribution in [2.75, 3.05) is 19.6 Å². The first kappa shape index (κ1) is 14.0. The molecule has 1 aromatic carbocycles. The first-order valence-electron chi connectivity index (χ1n) is 6.75. The van der Waals surface area contributed by atoms with E-state index in [-0.39, 0.29) is 17.1 Å². The van der Waals surface area contributed by atoms with Crippen molar-refractivity contribution in [2.24, 2.45) is 5.41 Å². The Labute approximate surface area is 113 Å². The lowest BCUT2D eigenvalue weighted by Crippen LogP contribution is -2.42. The number of piperidine rings is 1. The number of nitrogens with one attached hydrogen (secondary N) is 2. The molecule has 4 heteroatoms. The van der Waals surface area contributed by atoms with E-state index in [2.05, 4.69) is 17.6 Å². The van der Waals surface area contributed by atoms with Crippen molar-refractivity contribution in [3.05, 3.63) is 35.1 Å². The molecule has 0 saturated carbocycles. The molecule has 19 heavy (non-hydrogen) atoms. The number of benzene rings is 1. The van der Waals surface area contributed by atoms with E-state index >= 15 is 0 Å². The Morgan fingerprint density at radius 3 is 2.68 bits per heavy atom. The summed E-state index contributed by atoms with van der Waals surface area (Å²) in [6.07, 6.45) is 2.10. The summed E-state index contributed by atoms with van der Waals surface area (Å²) in [6.45, 7) is 6.60. The molecule has 1 fully saturated rings. The minimum absolute atomic E-state index is 0.142. The Bertz CT molecular complexity index is 447. The van der Waals surface area contributed by atoms with Crippen LogP contribution in [-0.4, -0.2) is 25.5 Å². The van der Waals surface area contributed by atoms with E-state index in [9.17, 15) is 9.18 Å². The maximum absolute atomic E-state index is 13.3. The van der Waals surface area contributed by atoms with Crippen LogP contribution >= 0.6 is 0 Å². The van der Waals surface area contributed by atoms with Gasteiger partial charge in [-0.15, -0.1) is 0 Å². The van der Waals surface area contributed by atoms with Crippen molar-refractivity contribution < 1.29 is 9.18 Å². The minimum Gasteiger partial charge on any atom is -0.351 e. The number of halogens is 1. The van der Waals surface area contributed by atoms with Gasteiger partial charge in [-0.3, -0.25) is 4.79 Å². The van der Waals surface area contributed by atoms with Crippen molar-refractivity contribution in [2.45, 2.75) is 26.7 Å². The second-order valence-corrected chi connectivity index (χ2v) is 5.76. The average molecular weight is 264 g/mol. The molecule has 3 nitrogen and oxygen atoms in total. The Balaban J connectivity index is 1.97. The zero-order chi connectivity index (χ0) is 13.9. The van der Waals surface area contributed by atoms with Crippen molar-refractivity contribution >= 4 is 5.91 Å². The number of carbonyl (C=O) groups excluding carboxylic acids is 1. The van der Waals surface area contributed by atoms with Gasteiger partial charge in [-0.1, -0.05) is 6.92 Å². The number of aryl methyl sites for hydroxylation is 1. The van der Waals surface area contributed by atoms with Gasteiger partial charge in [-0.05, 0) is 62.0 Å². The fourth-order valence-corrected chi connectivity index (χ4v) is 2.47. The first-order valence-corrected chi connectivity index (χ1v) is 6.75. The van der Waals surface area contributed by atoms with Crippen LogP contribution in [0.15, 0.2) is 18.2 Å². The van der Waals surface area contributed by atoms with Crippen LogP contribution in [0.5, 0.6) is 0 Å². The van der Waals surface area contributed by atoms with Crippen molar-refractivity contribution in [3.63, 3.8) is 0 Å². The van der Waals surface area contributed by atoms with Crippen LogP contribution in [0.1, 0.15) is 35.7 Å². The summed E-state index contributed by atoms with van der Waals surface area (Å²) in [6, 6.07) is 4.42. The summed E-state index contributed by atoms with van der Waals surface area (Å²) in [4.78, 5) is 12.0. The SMILES string of the molecule is Cc1cc(F)cc(C(=O)NCC2(C)CCNCC2)c1. The standard InChI is InChI=1S/C15H21FN2O/c1-11-7-12(9-13(16)8-11)14(19)18-10-15(2)3-5-17-6-4-15/h7-9,17H,3-6,10H2,1-2H3,(H,18,19). The Hall–Kier alpha value is -1.42. The molecule has 1 aromatic rings. The summed E-state index contributed by atoms with van der Waals surface area (Å²) in [7, 11) is 0. The highest BCUT2D eigenvalue weighted by atomic mass is 19.1. The number of rotatable bonds is 3. The van der Waals surface area contributed by atoms with E-state index in [1.807, 2.05) is 0 Å². The van der Waals surface area contributed by atoms with Crippen LogP contribution in [0.4, 0.5) is 4.39 Å². The highest BCUT2D eigenvalue weighted by Gasteiger charge is 2.27. The monoisotopic (exact) mass is 264 g/mol. The maximum Gasteiger partial charge on any atom is 0.251 e. The van der Waals surface area contributed by atoms with E-state index in [1.165, 1.54) is 12.1 Å². The molecular weight excluding hydrogens is 243 g/mol. The molecule has 1 aliphatic rings. The van der Waals surface area contributed by atoms with E-state index < -0.39 is 0 Å². The highest BCUT2D eigenvalue weighted by molar-refractivity contribution is 5.94. The molecule has 1 heterocycles. The topological polar surface area (TPSA) is 41.1 Å². The van der Waals surface area contributed by atoms with Gasteiger partial charge in [0.1, 0.15) is 5.82 Å². The van der Waals surface area contributed by atoms with Gasteiger partial charge in [0.2, 0.25) is 0 Å². The second kappa shape index (κ2) is 5.70. The predicted octanol–water partition coefficient (Wildman–Crippen LogP) is 2.25. The van der Waals surface area contributed by atoms with Gasteiger partial charge < -0.3 is 10.6 Å². The fourth-order valence-electron chi connectivity index (χ4n) is 2.47. The normalized spacial score (nSPS) is 18.1. The summed E-state index contributed by atoms with van der Waals surface area (Å²) in [5.74, 6) is -0.555.